The molecule has 1 aromatic carbocycles. The molecular weight excluding hydrogens is 308 g/mol. The zero-order valence-electron chi connectivity index (χ0n) is 12.4. The minimum Gasteiger partial charge on any atom is -0.399 e. The lowest BCUT2D eigenvalue weighted by Gasteiger charge is -2.07. The lowest BCUT2D eigenvalue weighted by molar-refractivity contribution is 0.939. The molecule has 3 aromatic heterocycles. The van der Waals surface area contributed by atoms with Crippen molar-refractivity contribution in [2.24, 2.45) is 0 Å². The molecule has 0 aliphatic rings. The maximum Gasteiger partial charge on any atom is 0.187 e. The maximum atomic E-state index is 5.85. The molecule has 114 valence electrons. The predicted octanol–water partition coefficient (Wildman–Crippen LogP) is 3.49. The molecule has 0 amide bonds. The van der Waals surface area contributed by atoms with E-state index < -0.39 is 0 Å². The van der Waals surface area contributed by atoms with Crippen LogP contribution in [0.4, 0.5) is 16.5 Å². The van der Waals surface area contributed by atoms with Crippen LogP contribution in [0.15, 0.2) is 48.1 Å². The number of anilines is 3. The first-order valence-electron chi connectivity index (χ1n) is 7.08. The van der Waals surface area contributed by atoms with Gasteiger partial charge in [-0.25, -0.2) is 14.5 Å². The van der Waals surface area contributed by atoms with Gasteiger partial charge in [-0.15, -0.1) is 11.3 Å². The number of rotatable bonds is 3. The van der Waals surface area contributed by atoms with Crippen LogP contribution >= 0.6 is 11.3 Å². The first-order valence-corrected chi connectivity index (χ1v) is 7.96. The van der Waals surface area contributed by atoms with Gasteiger partial charge in [0.25, 0.3) is 0 Å². The van der Waals surface area contributed by atoms with Gasteiger partial charge in [-0.05, 0) is 36.8 Å². The molecule has 0 unspecified atom stereocenters. The number of aromatic nitrogens is 4. The summed E-state index contributed by atoms with van der Waals surface area (Å²) in [4.78, 5) is 8.98. The van der Waals surface area contributed by atoms with Crippen LogP contribution < -0.4 is 11.1 Å². The standard InChI is InChI=1S/C16H14N6S/c1-10-4-5-11(17)7-12(10)20-16-21-13(9-23-16)14-8-18-15-3-2-6-19-22(14)15/h2-9H,17H2,1H3,(H,20,21). The third-order valence-electron chi connectivity index (χ3n) is 3.55. The van der Waals surface area contributed by atoms with Gasteiger partial charge in [0.2, 0.25) is 0 Å². The molecule has 0 saturated heterocycles. The molecule has 0 radical (unpaired) electrons. The highest BCUT2D eigenvalue weighted by atomic mass is 32.1. The van der Waals surface area contributed by atoms with E-state index in [1.807, 2.05) is 42.6 Å². The number of imidazole rings is 1. The quantitative estimate of drug-likeness (QED) is 0.564. The lowest BCUT2D eigenvalue weighted by Crippen LogP contribution is -1.95. The van der Waals surface area contributed by atoms with Crippen LogP contribution in [0.1, 0.15) is 5.56 Å². The molecule has 3 heterocycles. The Labute approximate surface area is 136 Å². The average molecular weight is 322 g/mol. The number of benzene rings is 1. The highest BCUT2D eigenvalue weighted by molar-refractivity contribution is 7.14. The molecule has 3 N–H and O–H groups in total. The van der Waals surface area contributed by atoms with E-state index in [4.69, 9.17) is 5.73 Å². The molecule has 0 bridgehead atoms. The van der Waals surface area contributed by atoms with Crippen molar-refractivity contribution in [3.05, 3.63) is 53.7 Å². The van der Waals surface area contributed by atoms with Crippen LogP contribution in [0.5, 0.6) is 0 Å². The Balaban J connectivity index is 1.68. The van der Waals surface area contributed by atoms with E-state index in [1.165, 1.54) is 11.3 Å². The molecule has 0 fully saturated rings. The summed E-state index contributed by atoms with van der Waals surface area (Å²) in [5, 5.41) is 10.4. The molecule has 0 saturated carbocycles. The van der Waals surface area contributed by atoms with Crippen molar-refractivity contribution >= 4 is 33.5 Å². The van der Waals surface area contributed by atoms with Gasteiger partial charge in [-0.1, -0.05) is 6.07 Å². The second kappa shape index (κ2) is 5.36. The van der Waals surface area contributed by atoms with E-state index in [2.05, 4.69) is 20.4 Å². The highest BCUT2D eigenvalue weighted by Gasteiger charge is 2.11. The molecule has 0 atom stereocenters. The second-order valence-electron chi connectivity index (χ2n) is 5.17. The Morgan fingerprint density at radius 2 is 2.17 bits per heavy atom. The molecule has 7 heteroatoms. The van der Waals surface area contributed by atoms with E-state index >= 15 is 0 Å². The first kappa shape index (κ1) is 13.7. The highest BCUT2D eigenvalue weighted by Crippen LogP contribution is 2.29. The van der Waals surface area contributed by atoms with Gasteiger partial charge < -0.3 is 11.1 Å². The van der Waals surface area contributed by atoms with Gasteiger partial charge in [0.1, 0.15) is 11.4 Å². The Kier molecular flexibility index (Phi) is 3.20. The first-order chi connectivity index (χ1) is 11.2. The van der Waals surface area contributed by atoms with Gasteiger partial charge in [-0.3, -0.25) is 0 Å². The maximum absolute atomic E-state index is 5.85. The molecular formula is C16H14N6S. The average Bonchev–Trinajstić information content (AvgIpc) is 3.17. The number of nitrogen functional groups attached to an aromatic ring is 1. The normalized spacial score (nSPS) is 11.0. The van der Waals surface area contributed by atoms with Gasteiger partial charge in [0.05, 0.1) is 6.20 Å². The van der Waals surface area contributed by atoms with Crippen LogP contribution in [0, 0.1) is 6.92 Å². The summed E-state index contributed by atoms with van der Waals surface area (Å²) in [6.45, 7) is 2.03. The number of hydrogen-bond acceptors (Lipinski definition) is 6. The Morgan fingerprint density at radius 1 is 1.26 bits per heavy atom. The van der Waals surface area contributed by atoms with Crippen molar-refractivity contribution < 1.29 is 0 Å². The Bertz CT molecular complexity index is 987. The minimum atomic E-state index is 0.723. The molecule has 0 aliphatic heterocycles. The van der Waals surface area contributed by atoms with Crippen molar-refractivity contribution in [3.63, 3.8) is 0 Å². The summed E-state index contributed by atoms with van der Waals surface area (Å²) >= 11 is 1.53. The number of fused-ring (bicyclic) bond motifs is 1. The van der Waals surface area contributed by atoms with Crippen molar-refractivity contribution in [1.82, 2.24) is 19.6 Å². The van der Waals surface area contributed by atoms with E-state index in [1.54, 1.807) is 16.9 Å². The van der Waals surface area contributed by atoms with E-state index in [9.17, 15) is 0 Å². The second-order valence-corrected chi connectivity index (χ2v) is 6.03. The molecule has 4 aromatic rings. The van der Waals surface area contributed by atoms with E-state index in [0.717, 1.165) is 39.1 Å². The fourth-order valence-corrected chi connectivity index (χ4v) is 3.06. The van der Waals surface area contributed by atoms with E-state index in [-0.39, 0.29) is 0 Å². The number of aryl methyl sites for hydroxylation is 1. The third-order valence-corrected chi connectivity index (χ3v) is 4.31. The number of nitrogens with zero attached hydrogens (tertiary/aromatic N) is 4. The number of hydrogen-bond donors (Lipinski definition) is 2. The minimum absolute atomic E-state index is 0.723. The molecule has 0 aliphatic carbocycles. The van der Waals surface area contributed by atoms with Gasteiger partial charge in [0, 0.05) is 23.0 Å². The summed E-state index contributed by atoms with van der Waals surface area (Å²) in [6, 6.07) is 9.56. The van der Waals surface area contributed by atoms with Gasteiger partial charge in [-0.2, -0.15) is 5.10 Å². The zero-order chi connectivity index (χ0) is 15.8. The molecule has 23 heavy (non-hydrogen) atoms. The molecule has 6 nitrogen and oxygen atoms in total. The fourth-order valence-electron chi connectivity index (χ4n) is 2.34. The number of nitrogens with one attached hydrogen (secondary N) is 1. The largest absolute Gasteiger partial charge is 0.399 e. The number of thiazole rings is 1. The van der Waals surface area contributed by atoms with E-state index in [0.29, 0.717) is 0 Å². The topological polar surface area (TPSA) is 81.1 Å². The lowest BCUT2D eigenvalue weighted by atomic mass is 10.2. The van der Waals surface area contributed by atoms with Gasteiger partial charge >= 0.3 is 0 Å². The Hall–Kier alpha value is -2.93. The van der Waals surface area contributed by atoms with Crippen LogP contribution in [-0.4, -0.2) is 19.6 Å². The monoisotopic (exact) mass is 322 g/mol. The molecule has 4 rings (SSSR count). The van der Waals surface area contributed by atoms with Crippen molar-refractivity contribution in [2.45, 2.75) is 6.92 Å². The van der Waals surface area contributed by atoms with Crippen LogP contribution in [0.25, 0.3) is 17.0 Å². The van der Waals surface area contributed by atoms with Crippen molar-refractivity contribution in [2.75, 3.05) is 11.1 Å². The summed E-state index contributed by atoms with van der Waals surface area (Å²) in [7, 11) is 0. The fraction of sp³-hybridized carbons (Fsp3) is 0.0625. The summed E-state index contributed by atoms with van der Waals surface area (Å²) in [6.07, 6.45) is 3.52. The molecule has 0 spiro atoms. The van der Waals surface area contributed by atoms with Crippen molar-refractivity contribution in [1.29, 1.82) is 0 Å². The smallest absolute Gasteiger partial charge is 0.187 e. The summed E-state index contributed by atoms with van der Waals surface area (Å²) in [5.74, 6) is 0. The summed E-state index contributed by atoms with van der Waals surface area (Å²) < 4.78 is 1.78. The predicted molar refractivity (Wildman–Crippen MR) is 93.0 cm³/mol. The Morgan fingerprint density at radius 3 is 3.09 bits per heavy atom. The summed E-state index contributed by atoms with van der Waals surface area (Å²) in [5.41, 5.74) is 11.2. The zero-order valence-corrected chi connectivity index (χ0v) is 13.2. The van der Waals surface area contributed by atoms with Crippen LogP contribution in [0.3, 0.4) is 0 Å². The van der Waals surface area contributed by atoms with Crippen molar-refractivity contribution in [3.8, 4) is 11.4 Å². The number of nitrogens with two attached hydrogens (primary N) is 1. The van der Waals surface area contributed by atoms with Gasteiger partial charge in [0.15, 0.2) is 10.8 Å². The third kappa shape index (κ3) is 2.51. The van der Waals surface area contributed by atoms with Crippen LogP contribution in [0.2, 0.25) is 0 Å². The van der Waals surface area contributed by atoms with Crippen LogP contribution in [-0.2, 0) is 0 Å². The SMILES string of the molecule is Cc1ccc(N)cc1Nc1nc(-c2cnc3cccnn23)cs1.